The van der Waals surface area contributed by atoms with Crippen molar-refractivity contribution in [3.05, 3.63) is 84.4 Å². The zero-order valence-electron chi connectivity index (χ0n) is 16.9. The Labute approximate surface area is 189 Å². The molecule has 30 heavy (non-hydrogen) atoms. The van der Waals surface area contributed by atoms with E-state index in [4.69, 9.17) is 10.1 Å². The van der Waals surface area contributed by atoms with Gasteiger partial charge in [0.1, 0.15) is 0 Å². The summed E-state index contributed by atoms with van der Waals surface area (Å²) in [6.45, 7) is 4.91. The molecule has 4 aromatic rings. The summed E-state index contributed by atoms with van der Waals surface area (Å²) < 4.78 is 2.25. The van der Waals surface area contributed by atoms with Crippen LogP contribution in [0.3, 0.4) is 0 Å². The Morgan fingerprint density at radius 3 is 2.43 bits per heavy atom. The Morgan fingerprint density at radius 1 is 1.07 bits per heavy atom. The number of benzene rings is 3. The molecule has 5 rings (SSSR count). The summed E-state index contributed by atoms with van der Waals surface area (Å²) in [4.78, 5) is 14.9. The number of fused-ring (bicyclic) bond motifs is 3. The van der Waals surface area contributed by atoms with E-state index in [1.54, 1.807) is 0 Å². The molecule has 4 nitrogen and oxygen atoms in total. The van der Waals surface area contributed by atoms with Crippen LogP contribution in [-0.4, -0.2) is 20.4 Å². The Bertz CT molecular complexity index is 1250. The summed E-state index contributed by atoms with van der Waals surface area (Å²) in [5.41, 5.74) is 5.77. The molecule has 0 saturated heterocycles. The van der Waals surface area contributed by atoms with E-state index < -0.39 is 0 Å². The molecule has 0 aliphatic heterocycles. The molecule has 1 aromatic heterocycles. The first kappa shape index (κ1) is 21.7. The van der Waals surface area contributed by atoms with E-state index in [0.717, 1.165) is 22.8 Å². The average molecular weight is 574 g/mol. The number of para-hydroxylation sites is 1. The maximum Gasteiger partial charge on any atom is 0.155 e. The number of allylic oxidation sites excluding steroid dienone is 2. The van der Waals surface area contributed by atoms with Crippen LogP contribution in [0, 0.1) is 13.0 Å². The fourth-order valence-corrected chi connectivity index (χ4v) is 3.80. The van der Waals surface area contributed by atoms with Gasteiger partial charge in [-0.05, 0) is 38.5 Å². The number of rotatable bonds is 2. The number of aryl methyl sites for hydroxylation is 1. The third-order valence-electron chi connectivity index (χ3n) is 4.80. The van der Waals surface area contributed by atoms with Crippen LogP contribution in [0.2, 0.25) is 0 Å². The number of aliphatic hydroxyl groups is 1. The van der Waals surface area contributed by atoms with Crippen molar-refractivity contribution in [2.45, 2.75) is 20.8 Å². The number of hydrogen-bond donors (Lipinski definition) is 1. The predicted octanol–water partition coefficient (Wildman–Crippen LogP) is 5.82. The van der Waals surface area contributed by atoms with E-state index in [1.165, 1.54) is 42.0 Å². The first-order valence-electron chi connectivity index (χ1n) is 9.44. The number of nitrogens with zero attached hydrogens (tertiary/aromatic N) is 2. The third kappa shape index (κ3) is 3.87. The van der Waals surface area contributed by atoms with Crippen LogP contribution in [0.25, 0.3) is 39.0 Å². The third-order valence-corrected chi connectivity index (χ3v) is 4.80. The molecule has 1 aliphatic carbocycles. The molecule has 0 atom stereocenters. The van der Waals surface area contributed by atoms with Gasteiger partial charge in [0.25, 0.3) is 0 Å². The van der Waals surface area contributed by atoms with Crippen molar-refractivity contribution < 1.29 is 30.0 Å². The minimum atomic E-state index is -0.125. The predicted molar refractivity (Wildman–Crippen MR) is 116 cm³/mol. The van der Waals surface area contributed by atoms with E-state index in [2.05, 4.69) is 66.1 Å². The molecule has 1 aliphatic rings. The smallest absolute Gasteiger partial charge is 0.155 e. The molecule has 0 amide bonds. The maximum atomic E-state index is 10.0. The molecule has 0 unspecified atom stereocenters. The van der Waals surface area contributed by atoms with Gasteiger partial charge >= 0.3 is 0 Å². The largest absolute Gasteiger partial charge is 0.512 e. The van der Waals surface area contributed by atoms with Crippen molar-refractivity contribution in [2.75, 3.05) is 0 Å². The average Bonchev–Trinajstić information content (AvgIpc) is 3.18. The van der Waals surface area contributed by atoms with Crippen molar-refractivity contribution in [2.24, 2.45) is 0 Å². The Kier molecular flexibility index (Phi) is 6.35. The monoisotopic (exact) mass is 574 g/mol. The van der Waals surface area contributed by atoms with Gasteiger partial charge in [0.15, 0.2) is 5.78 Å². The van der Waals surface area contributed by atoms with Gasteiger partial charge in [0.05, 0.1) is 11.6 Å². The molecule has 153 valence electrons. The van der Waals surface area contributed by atoms with E-state index in [-0.39, 0.29) is 31.6 Å². The topological polar surface area (TPSA) is 55.1 Å². The molecule has 0 fully saturated rings. The summed E-state index contributed by atoms with van der Waals surface area (Å²) in [7, 11) is 0. The number of carbonyl (C=O) groups excluding carboxylic acids is 1. The molecule has 3 aromatic carbocycles. The van der Waals surface area contributed by atoms with Crippen LogP contribution in [0.15, 0.2) is 72.5 Å². The van der Waals surface area contributed by atoms with Crippen molar-refractivity contribution in [3.63, 3.8) is 0 Å². The summed E-state index contributed by atoms with van der Waals surface area (Å²) in [5.74, 6) is 0.948. The van der Waals surface area contributed by atoms with Gasteiger partial charge in [-0.1, -0.05) is 41.8 Å². The second-order valence-corrected chi connectivity index (χ2v) is 7.05. The van der Waals surface area contributed by atoms with Crippen LogP contribution in [-0.2, 0) is 24.9 Å². The second kappa shape index (κ2) is 8.78. The summed E-state index contributed by atoms with van der Waals surface area (Å²) in [5, 5.41) is 10.9. The van der Waals surface area contributed by atoms with Crippen LogP contribution in [0.5, 0.6) is 0 Å². The Balaban J connectivity index is 0.000000281. The van der Waals surface area contributed by atoms with Crippen LogP contribution in [0.1, 0.15) is 19.7 Å². The number of ketones is 1. The molecule has 1 N–H and O–H groups in total. The van der Waals surface area contributed by atoms with E-state index >= 15 is 0 Å². The van der Waals surface area contributed by atoms with E-state index in [9.17, 15) is 4.79 Å². The zero-order chi connectivity index (χ0) is 20.5. The van der Waals surface area contributed by atoms with Gasteiger partial charge in [-0.25, -0.2) is 0 Å². The number of carbonyl (C=O) groups is 1. The first-order valence-corrected chi connectivity index (χ1v) is 9.44. The molecule has 0 bridgehead atoms. The Morgan fingerprint density at radius 2 is 1.80 bits per heavy atom. The molecule has 1 heterocycles. The molecule has 5 heteroatoms. The Hall–Kier alpha value is -3.01. The molecule has 0 saturated carbocycles. The second-order valence-electron chi connectivity index (χ2n) is 7.05. The van der Waals surface area contributed by atoms with Crippen LogP contribution < -0.4 is 0 Å². The van der Waals surface area contributed by atoms with Crippen molar-refractivity contribution in [1.82, 2.24) is 9.55 Å². The minimum absolute atomic E-state index is 0. The standard InChI is InChI=1S/C20H13N2.C5H8O2.Ir/c1-13-21-19-16-11-5-7-14-8-6-12-17(18(14)16)20(19)22(13)15-9-3-2-4-10-15;1-4(6)3-5(2)7;/h2-10,12H,1H3;3,6H,1-2H3;/q-1;;/b;4-3-;. The number of imidazole rings is 1. The van der Waals surface area contributed by atoms with Crippen LogP contribution in [0.4, 0.5) is 0 Å². The number of aliphatic hydroxyl groups excluding tert-OH is 1. The van der Waals surface area contributed by atoms with E-state index in [0.29, 0.717) is 0 Å². The van der Waals surface area contributed by atoms with Crippen molar-refractivity contribution in [1.29, 1.82) is 0 Å². The van der Waals surface area contributed by atoms with Crippen LogP contribution >= 0.6 is 0 Å². The number of hydrogen-bond acceptors (Lipinski definition) is 3. The van der Waals surface area contributed by atoms with E-state index in [1.807, 2.05) is 12.1 Å². The van der Waals surface area contributed by atoms with Gasteiger partial charge in [0, 0.05) is 43.3 Å². The van der Waals surface area contributed by atoms with Gasteiger partial charge < -0.3 is 9.67 Å². The molecular weight excluding hydrogens is 553 g/mol. The van der Waals surface area contributed by atoms with Gasteiger partial charge in [0.2, 0.25) is 0 Å². The zero-order valence-corrected chi connectivity index (χ0v) is 19.3. The minimum Gasteiger partial charge on any atom is -0.512 e. The van der Waals surface area contributed by atoms with Crippen molar-refractivity contribution >= 4 is 16.6 Å². The fraction of sp³-hybridized carbons (Fsp3) is 0.120. The maximum absolute atomic E-state index is 10.0. The quantitative estimate of drug-likeness (QED) is 0.165. The SMILES string of the molecule is CC(=O)/C=C(/C)O.Cc1nc2c(n1-c1ccccc1)-c1cccc3cc[c-]c-2c13.[Ir]. The normalized spacial score (nSPS) is 11.4. The molecule has 1 radical (unpaired) electrons. The van der Waals surface area contributed by atoms with Gasteiger partial charge in [-0.3, -0.25) is 9.78 Å². The van der Waals surface area contributed by atoms with Gasteiger partial charge in [-0.15, -0.1) is 29.1 Å². The van der Waals surface area contributed by atoms with Gasteiger partial charge in [-0.2, -0.15) is 0 Å². The summed E-state index contributed by atoms with van der Waals surface area (Å²) >= 11 is 0. The summed E-state index contributed by atoms with van der Waals surface area (Å²) in [6, 6.07) is 24.4. The molecule has 0 spiro atoms. The fourth-order valence-electron chi connectivity index (χ4n) is 3.80. The summed E-state index contributed by atoms with van der Waals surface area (Å²) in [6.07, 6.45) is 1.17. The first-order chi connectivity index (χ1) is 14.0. The molecular formula is C25H21IrN2O2-. The number of aromatic nitrogens is 2. The van der Waals surface area contributed by atoms with Crippen molar-refractivity contribution in [3.8, 4) is 28.2 Å².